The minimum atomic E-state index is -3.11. The summed E-state index contributed by atoms with van der Waals surface area (Å²) in [6.45, 7) is 3.91. The van der Waals surface area contributed by atoms with E-state index in [1.165, 1.54) is 11.1 Å². The van der Waals surface area contributed by atoms with Crippen molar-refractivity contribution in [3.8, 4) is 0 Å². The van der Waals surface area contributed by atoms with Gasteiger partial charge in [0.2, 0.25) is 10.0 Å². The highest BCUT2D eigenvalue weighted by Gasteiger charge is 2.06. The van der Waals surface area contributed by atoms with Crippen LogP contribution in [-0.2, 0) is 16.6 Å². The number of benzene rings is 1. The first-order chi connectivity index (χ1) is 10.3. The lowest BCUT2D eigenvalue weighted by Gasteiger charge is -2.22. The van der Waals surface area contributed by atoms with E-state index in [-0.39, 0.29) is 0 Å². The monoisotopic (exact) mass is 326 g/mol. The van der Waals surface area contributed by atoms with E-state index < -0.39 is 10.0 Å². The molecule has 0 aliphatic heterocycles. The summed E-state index contributed by atoms with van der Waals surface area (Å²) in [5.41, 5.74) is 2.46. The van der Waals surface area contributed by atoms with Gasteiger partial charge < -0.3 is 10.2 Å². The number of hydrogen-bond donors (Lipinski definition) is 2. The SMILES string of the molecule is CN=C(NCCCNS(C)(=O)=O)N(C)Cc1ccc(C)cc1. The van der Waals surface area contributed by atoms with Crippen LogP contribution in [0, 0.1) is 6.92 Å². The van der Waals surface area contributed by atoms with E-state index in [9.17, 15) is 8.42 Å². The predicted molar refractivity (Wildman–Crippen MR) is 91.5 cm³/mol. The van der Waals surface area contributed by atoms with E-state index in [1.807, 2.05) is 11.9 Å². The third-order valence-corrected chi connectivity index (χ3v) is 3.84. The van der Waals surface area contributed by atoms with Gasteiger partial charge in [0, 0.05) is 33.7 Å². The van der Waals surface area contributed by atoms with Crippen molar-refractivity contribution in [3.05, 3.63) is 35.4 Å². The van der Waals surface area contributed by atoms with Crippen LogP contribution in [0.4, 0.5) is 0 Å². The first-order valence-corrected chi connectivity index (χ1v) is 9.13. The van der Waals surface area contributed by atoms with E-state index in [0.29, 0.717) is 19.5 Å². The maximum Gasteiger partial charge on any atom is 0.208 e. The molecule has 0 amide bonds. The average Bonchev–Trinajstić information content (AvgIpc) is 2.44. The largest absolute Gasteiger partial charge is 0.356 e. The van der Waals surface area contributed by atoms with E-state index in [4.69, 9.17) is 0 Å². The zero-order chi connectivity index (χ0) is 16.6. The van der Waals surface area contributed by atoms with Crippen molar-refractivity contribution in [2.45, 2.75) is 19.9 Å². The Morgan fingerprint density at radius 3 is 2.41 bits per heavy atom. The van der Waals surface area contributed by atoms with Gasteiger partial charge in [-0.2, -0.15) is 0 Å². The van der Waals surface area contributed by atoms with Crippen molar-refractivity contribution in [2.24, 2.45) is 4.99 Å². The summed E-state index contributed by atoms with van der Waals surface area (Å²) < 4.78 is 24.4. The molecule has 1 aromatic carbocycles. The molecular weight excluding hydrogens is 300 g/mol. The second kappa shape index (κ2) is 8.75. The molecule has 0 saturated carbocycles. The van der Waals surface area contributed by atoms with E-state index in [2.05, 4.69) is 46.2 Å². The topological polar surface area (TPSA) is 73.8 Å². The lowest BCUT2D eigenvalue weighted by molar-refractivity contribution is 0.475. The van der Waals surface area contributed by atoms with Gasteiger partial charge in [0.15, 0.2) is 5.96 Å². The van der Waals surface area contributed by atoms with E-state index in [1.54, 1.807) is 7.05 Å². The van der Waals surface area contributed by atoms with Crippen molar-refractivity contribution in [1.29, 1.82) is 0 Å². The summed E-state index contributed by atoms with van der Waals surface area (Å²) >= 11 is 0. The summed E-state index contributed by atoms with van der Waals surface area (Å²) in [6, 6.07) is 8.40. The Morgan fingerprint density at radius 1 is 1.23 bits per heavy atom. The van der Waals surface area contributed by atoms with Gasteiger partial charge in [-0.3, -0.25) is 4.99 Å². The summed E-state index contributed by atoms with van der Waals surface area (Å²) in [5, 5.41) is 3.23. The van der Waals surface area contributed by atoms with Gasteiger partial charge in [0.25, 0.3) is 0 Å². The fourth-order valence-electron chi connectivity index (χ4n) is 1.97. The summed E-state index contributed by atoms with van der Waals surface area (Å²) in [5.74, 6) is 0.792. The average molecular weight is 326 g/mol. The molecule has 22 heavy (non-hydrogen) atoms. The molecule has 0 heterocycles. The molecule has 0 atom stereocenters. The van der Waals surface area contributed by atoms with Gasteiger partial charge >= 0.3 is 0 Å². The van der Waals surface area contributed by atoms with Crippen LogP contribution in [0.2, 0.25) is 0 Å². The minimum Gasteiger partial charge on any atom is -0.356 e. The first-order valence-electron chi connectivity index (χ1n) is 7.24. The Balaban J connectivity index is 2.38. The Morgan fingerprint density at radius 2 is 1.86 bits per heavy atom. The molecule has 0 bridgehead atoms. The van der Waals surface area contributed by atoms with Gasteiger partial charge in [-0.05, 0) is 18.9 Å². The molecule has 124 valence electrons. The fourth-order valence-corrected chi connectivity index (χ4v) is 2.49. The molecule has 2 N–H and O–H groups in total. The lowest BCUT2D eigenvalue weighted by Crippen LogP contribution is -2.39. The highest BCUT2D eigenvalue weighted by atomic mass is 32.2. The van der Waals surface area contributed by atoms with Crippen molar-refractivity contribution < 1.29 is 8.42 Å². The second-order valence-electron chi connectivity index (χ2n) is 5.34. The molecule has 0 aliphatic rings. The predicted octanol–water partition coefficient (Wildman–Crippen LogP) is 0.942. The molecule has 0 spiro atoms. The number of guanidine groups is 1. The van der Waals surface area contributed by atoms with Gasteiger partial charge in [-0.25, -0.2) is 13.1 Å². The van der Waals surface area contributed by atoms with Gasteiger partial charge in [0.1, 0.15) is 0 Å². The third kappa shape index (κ3) is 7.42. The molecule has 1 rings (SSSR count). The smallest absolute Gasteiger partial charge is 0.208 e. The standard InChI is InChI=1S/C15H26N4O2S/c1-13-6-8-14(9-7-13)12-19(3)15(16-2)17-10-5-11-18-22(4,20)21/h6-9,18H,5,10-12H2,1-4H3,(H,16,17). The maximum atomic E-state index is 11.0. The molecule has 0 fully saturated rings. The van der Waals surface area contributed by atoms with Crippen LogP contribution in [0.25, 0.3) is 0 Å². The molecule has 0 aromatic heterocycles. The first kappa shape index (κ1) is 18.4. The number of aryl methyl sites for hydroxylation is 1. The van der Waals surface area contributed by atoms with Gasteiger partial charge in [0.05, 0.1) is 6.26 Å². The molecule has 0 saturated heterocycles. The van der Waals surface area contributed by atoms with Crippen LogP contribution in [0.15, 0.2) is 29.3 Å². The molecule has 1 aromatic rings. The van der Waals surface area contributed by atoms with Crippen LogP contribution in [0.1, 0.15) is 17.5 Å². The van der Waals surface area contributed by atoms with Crippen molar-refractivity contribution in [1.82, 2.24) is 14.9 Å². The Labute approximate surface area is 133 Å². The molecular formula is C15H26N4O2S. The van der Waals surface area contributed by atoms with Gasteiger partial charge in [-0.1, -0.05) is 29.8 Å². The Bertz CT molecular complexity index is 582. The molecule has 0 unspecified atom stereocenters. The number of aliphatic imine (C=N–C) groups is 1. The Hall–Kier alpha value is -1.60. The number of nitrogens with zero attached hydrogens (tertiary/aromatic N) is 2. The third-order valence-electron chi connectivity index (χ3n) is 3.11. The quantitative estimate of drug-likeness (QED) is 0.444. The number of sulfonamides is 1. The molecule has 6 nitrogen and oxygen atoms in total. The van der Waals surface area contributed by atoms with Crippen molar-refractivity contribution >= 4 is 16.0 Å². The summed E-state index contributed by atoms with van der Waals surface area (Å²) in [6.07, 6.45) is 1.86. The van der Waals surface area contributed by atoms with Gasteiger partial charge in [-0.15, -0.1) is 0 Å². The van der Waals surface area contributed by atoms with Crippen LogP contribution < -0.4 is 10.0 Å². The van der Waals surface area contributed by atoms with Crippen molar-refractivity contribution in [2.75, 3.05) is 33.4 Å². The fraction of sp³-hybridized carbons (Fsp3) is 0.533. The second-order valence-corrected chi connectivity index (χ2v) is 7.17. The number of hydrogen-bond acceptors (Lipinski definition) is 3. The van der Waals surface area contributed by atoms with E-state index >= 15 is 0 Å². The zero-order valence-electron chi connectivity index (χ0n) is 13.8. The number of nitrogens with one attached hydrogen (secondary N) is 2. The lowest BCUT2D eigenvalue weighted by atomic mass is 10.1. The van der Waals surface area contributed by atoms with E-state index in [0.717, 1.165) is 18.8 Å². The molecule has 0 radical (unpaired) electrons. The highest BCUT2D eigenvalue weighted by Crippen LogP contribution is 2.05. The highest BCUT2D eigenvalue weighted by molar-refractivity contribution is 7.88. The summed E-state index contributed by atoms with van der Waals surface area (Å²) in [4.78, 5) is 6.28. The van der Waals surface area contributed by atoms with Crippen LogP contribution in [0.3, 0.4) is 0 Å². The summed E-state index contributed by atoms with van der Waals surface area (Å²) in [7, 11) is 0.606. The number of rotatable bonds is 7. The molecule has 0 aliphatic carbocycles. The van der Waals surface area contributed by atoms with Crippen LogP contribution in [0.5, 0.6) is 0 Å². The normalized spacial score (nSPS) is 12.3. The Kier molecular flexibility index (Phi) is 7.34. The van der Waals surface area contributed by atoms with Crippen LogP contribution >= 0.6 is 0 Å². The molecule has 7 heteroatoms. The van der Waals surface area contributed by atoms with Crippen molar-refractivity contribution in [3.63, 3.8) is 0 Å². The maximum absolute atomic E-state index is 11.0. The zero-order valence-corrected chi connectivity index (χ0v) is 14.6. The van der Waals surface area contributed by atoms with Crippen LogP contribution in [-0.4, -0.2) is 52.7 Å². The minimum absolute atomic E-state index is 0.421.